The van der Waals surface area contributed by atoms with Gasteiger partial charge in [0.1, 0.15) is 12.4 Å². The highest BCUT2D eigenvalue weighted by molar-refractivity contribution is 14.1. The largest absolute Gasteiger partial charge is 0.349 e. The van der Waals surface area contributed by atoms with Crippen LogP contribution in [0.3, 0.4) is 0 Å². The van der Waals surface area contributed by atoms with E-state index in [0.717, 1.165) is 21.3 Å². The third kappa shape index (κ3) is 5.41. The molecule has 0 aliphatic carbocycles. The van der Waals surface area contributed by atoms with Crippen molar-refractivity contribution in [1.29, 1.82) is 0 Å². The van der Waals surface area contributed by atoms with Crippen molar-refractivity contribution in [2.24, 2.45) is 0 Å². The molecule has 2 heterocycles. The number of fused-ring (bicyclic) bond motifs is 1. The molecule has 0 saturated carbocycles. The Morgan fingerprint density at radius 3 is 3.00 bits per heavy atom. The summed E-state index contributed by atoms with van der Waals surface area (Å²) in [6, 6.07) is 5.71. The van der Waals surface area contributed by atoms with Gasteiger partial charge in [0.2, 0.25) is 0 Å². The first-order valence-electron chi connectivity index (χ1n) is 8.97. The summed E-state index contributed by atoms with van der Waals surface area (Å²) >= 11 is 2.21. The number of aryl methyl sites for hydroxylation is 1. The Hall–Kier alpha value is -2.21. The molecule has 1 N–H and O–H groups in total. The van der Waals surface area contributed by atoms with Gasteiger partial charge in [-0.05, 0) is 47.3 Å². The van der Waals surface area contributed by atoms with Gasteiger partial charge in [-0.25, -0.2) is 14.1 Å². The molecule has 1 aromatic carbocycles. The second-order valence-corrected chi connectivity index (χ2v) is 7.42. The molecular weight excluding hydrogens is 475 g/mol. The number of amides is 1. The van der Waals surface area contributed by atoms with E-state index >= 15 is 0 Å². The molecule has 0 fully saturated rings. The Bertz CT molecular complexity index is 949. The van der Waals surface area contributed by atoms with Crippen LogP contribution in [0.2, 0.25) is 0 Å². The lowest BCUT2D eigenvalue weighted by Crippen LogP contribution is -2.35. The molecule has 0 atom stereocenters. The zero-order chi connectivity index (χ0) is 19.9. The fourth-order valence-electron chi connectivity index (χ4n) is 2.70. The summed E-state index contributed by atoms with van der Waals surface area (Å²) in [5.41, 5.74) is 2.53. The van der Waals surface area contributed by atoms with Crippen LogP contribution in [0.25, 0.3) is 11.0 Å². The van der Waals surface area contributed by atoms with Gasteiger partial charge in [-0.2, -0.15) is 0 Å². The highest BCUT2D eigenvalue weighted by Crippen LogP contribution is 2.13. The maximum Gasteiger partial charge on any atom is 0.271 e. The van der Waals surface area contributed by atoms with E-state index in [1.54, 1.807) is 6.20 Å². The number of nitrogens with one attached hydrogen (secondary N) is 1. The van der Waals surface area contributed by atoms with Gasteiger partial charge in [0.05, 0.1) is 29.5 Å². The lowest BCUT2D eigenvalue weighted by atomic mass is 10.3. The average molecular weight is 496 g/mol. The molecule has 0 aliphatic rings. The highest BCUT2D eigenvalue weighted by Gasteiger charge is 2.11. The van der Waals surface area contributed by atoms with Crippen LogP contribution < -0.4 is 5.32 Å². The molecule has 1 amide bonds. The monoisotopic (exact) mass is 496 g/mol. The first-order valence-corrected chi connectivity index (χ1v) is 10.0. The Morgan fingerprint density at radius 1 is 1.36 bits per heavy atom. The fraction of sp³-hybridized carbons (Fsp3) is 0.389. The summed E-state index contributed by atoms with van der Waals surface area (Å²) < 4.78 is 14.9. The molecule has 3 aromatic rings. The minimum Gasteiger partial charge on any atom is -0.349 e. The second-order valence-electron chi connectivity index (χ2n) is 6.17. The van der Waals surface area contributed by atoms with Crippen LogP contribution in [0.5, 0.6) is 0 Å². The standard InChI is InChI=1S/C18H21FIN7O/c1-2-26(11-14-12-27(7-5-19)25-24-14)8-6-21-18(28)17-10-22-16-9-13(20)3-4-15(16)23-17/h3-4,9-10,12H,2,5-8,11H2,1H3,(H,21,28)/i19-1. The summed E-state index contributed by atoms with van der Waals surface area (Å²) in [6.45, 7) is 4.27. The normalized spacial score (nSPS) is 11.3. The molecule has 0 bridgehead atoms. The third-order valence-corrected chi connectivity index (χ3v) is 4.85. The van der Waals surface area contributed by atoms with Crippen LogP contribution in [-0.4, -0.2) is 62.1 Å². The van der Waals surface area contributed by atoms with E-state index in [0.29, 0.717) is 30.8 Å². The van der Waals surface area contributed by atoms with E-state index in [4.69, 9.17) is 0 Å². The molecular formula is C18H21FIN7O. The van der Waals surface area contributed by atoms with Crippen molar-refractivity contribution in [3.05, 3.63) is 45.6 Å². The van der Waals surface area contributed by atoms with Crippen LogP contribution in [0.1, 0.15) is 23.1 Å². The molecule has 0 spiro atoms. The minimum absolute atomic E-state index is 0.209. The van der Waals surface area contributed by atoms with Crippen molar-refractivity contribution < 1.29 is 9.18 Å². The Balaban J connectivity index is 1.52. The fourth-order valence-corrected chi connectivity index (χ4v) is 3.17. The molecule has 0 unspecified atom stereocenters. The zero-order valence-corrected chi connectivity index (χ0v) is 17.6. The molecule has 10 heteroatoms. The second kappa shape index (κ2) is 9.82. The van der Waals surface area contributed by atoms with E-state index in [2.05, 4.69) is 53.1 Å². The minimum atomic E-state index is -0.469. The van der Waals surface area contributed by atoms with Gasteiger partial charge >= 0.3 is 0 Å². The van der Waals surface area contributed by atoms with Gasteiger partial charge in [-0.1, -0.05) is 12.1 Å². The summed E-state index contributed by atoms with van der Waals surface area (Å²) in [5.74, 6) is -0.252. The van der Waals surface area contributed by atoms with E-state index < -0.39 is 6.67 Å². The van der Waals surface area contributed by atoms with Crippen LogP contribution >= 0.6 is 22.6 Å². The predicted octanol–water partition coefficient (Wildman–Crippen LogP) is 2.05. The number of rotatable bonds is 9. The molecule has 148 valence electrons. The van der Waals surface area contributed by atoms with E-state index in [1.807, 2.05) is 25.1 Å². The van der Waals surface area contributed by atoms with E-state index in [-0.39, 0.29) is 12.5 Å². The number of hydrogen-bond acceptors (Lipinski definition) is 6. The van der Waals surface area contributed by atoms with Gasteiger partial charge in [-0.15, -0.1) is 5.10 Å². The number of alkyl halides is 1. The van der Waals surface area contributed by atoms with Gasteiger partial charge in [0.25, 0.3) is 5.91 Å². The van der Waals surface area contributed by atoms with Gasteiger partial charge in [0.15, 0.2) is 0 Å². The predicted molar refractivity (Wildman–Crippen MR) is 112 cm³/mol. The van der Waals surface area contributed by atoms with Gasteiger partial charge in [-0.3, -0.25) is 14.7 Å². The summed E-state index contributed by atoms with van der Waals surface area (Å²) in [7, 11) is 0. The van der Waals surface area contributed by atoms with E-state index in [1.165, 1.54) is 10.9 Å². The quantitative estimate of drug-likeness (QED) is 0.457. The van der Waals surface area contributed by atoms with Crippen molar-refractivity contribution in [3.8, 4) is 0 Å². The number of nitrogens with zero attached hydrogens (tertiary/aromatic N) is 6. The Kier molecular flexibility index (Phi) is 7.20. The maximum absolute atomic E-state index is 12.4. The number of carbonyl (C=O) groups excluding carboxylic acids is 1. The zero-order valence-electron chi connectivity index (χ0n) is 15.5. The van der Waals surface area contributed by atoms with Crippen LogP contribution in [0, 0.1) is 3.57 Å². The molecule has 0 radical (unpaired) electrons. The average Bonchev–Trinajstić information content (AvgIpc) is 3.14. The lowest BCUT2D eigenvalue weighted by Gasteiger charge is -2.19. The van der Waals surface area contributed by atoms with Crippen LogP contribution in [-0.2, 0) is 13.1 Å². The van der Waals surface area contributed by atoms with E-state index in [9.17, 15) is 9.18 Å². The smallest absolute Gasteiger partial charge is 0.271 e. The Labute approximate surface area is 175 Å². The van der Waals surface area contributed by atoms with Gasteiger partial charge in [0, 0.05) is 29.4 Å². The van der Waals surface area contributed by atoms with Crippen molar-refractivity contribution in [3.63, 3.8) is 0 Å². The third-order valence-electron chi connectivity index (χ3n) is 4.18. The molecule has 8 nitrogen and oxygen atoms in total. The topological polar surface area (TPSA) is 88.8 Å². The van der Waals surface area contributed by atoms with Crippen LogP contribution in [0.4, 0.5) is 4.39 Å². The number of halogens is 2. The summed E-state index contributed by atoms with van der Waals surface area (Å²) in [5, 5.41) is 10.8. The van der Waals surface area contributed by atoms with Crippen molar-refractivity contribution in [2.75, 3.05) is 26.3 Å². The van der Waals surface area contributed by atoms with Gasteiger partial charge < -0.3 is 5.32 Å². The van der Waals surface area contributed by atoms with Crippen molar-refractivity contribution in [2.45, 2.75) is 20.0 Å². The first kappa shape index (κ1) is 20.5. The highest BCUT2D eigenvalue weighted by atomic mass is 127. The summed E-state index contributed by atoms with van der Waals surface area (Å²) in [4.78, 5) is 23.2. The molecule has 0 aliphatic heterocycles. The number of benzene rings is 1. The molecule has 2 aromatic heterocycles. The lowest BCUT2D eigenvalue weighted by molar-refractivity contribution is 0.0943. The van der Waals surface area contributed by atoms with Crippen molar-refractivity contribution in [1.82, 2.24) is 35.2 Å². The van der Waals surface area contributed by atoms with Crippen LogP contribution in [0.15, 0.2) is 30.6 Å². The number of hydrogen-bond donors (Lipinski definition) is 1. The Morgan fingerprint density at radius 2 is 2.21 bits per heavy atom. The molecule has 0 saturated heterocycles. The molecule has 3 rings (SSSR count). The number of aromatic nitrogens is 5. The summed E-state index contributed by atoms with van der Waals surface area (Å²) in [6.07, 6.45) is 3.24. The maximum atomic E-state index is 12.4. The first-order chi connectivity index (χ1) is 13.6. The number of carbonyl (C=O) groups is 1. The molecule has 28 heavy (non-hydrogen) atoms. The number of likely N-dealkylation sites (N-methyl/N-ethyl adjacent to an activating group) is 1. The van der Waals surface area contributed by atoms with Crippen molar-refractivity contribution >= 4 is 39.5 Å². The SMILES string of the molecule is CCN(CCNC(=O)c1cnc2cc(I)ccc2n1)Cc1cn(CC[18F])nn1.